The van der Waals surface area contributed by atoms with Gasteiger partial charge in [-0.3, -0.25) is 4.31 Å². The Labute approximate surface area is 82.0 Å². The third kappa shape index (κ3) is 6.99. The van der Waals surface area contributed by atoms with Crippen molar-refractivity contribution in [3.05, 3.63) is 0 Å². The maximum absolute atomic E-state index is 2.50. The number of hydrogen-bond donors (Lipinski definition) is 0. The van der Waals surface area contributed by atoms with Gasteiger partial charge in [-0.25, -0.2) is 0 Å². The van der Waals surface area contributed by atoms with E-state index in [1.807, 2.05) is 11.9 Å². The van der Waals surface area contributed by atoms with Crippen LogP contribution >= 0.6 is 11.9 Å². The van der Waals surface area contributed by atoms with Crippen molar-refractivity contribution < 1.29 is 0 Å². The van der Waals surface area contributed by atoms with Crippen molar-refractivity contribution in [3.8, 4) is 0 Å². The molecule has 0 amide bonds. The van der Waals surface area contributed by atoms with Gasteiger partial charge in [-0.05, 0) is 18.8 Å². The van der Waals surface area contributed by atoms with Crippen LogP contribution in [-0.2, 0) is 0 Å². The van der Waals surface area contributed by atoms with Crippen LogP contribution in [0.3, 0.4) is 0 Å². The molecule has 0 aromatic rings. The largest absolute Gasteiger partial charge is 0.251 e. The maximum Gasteiger partial charge on any atom is 0.0104 e. The van der Waals surface area contributed by atoms with E-state index >= 15 is 0 Å². The average Bonchev–Trinajstić information content (AvgIpc) is 2.01. The van der Waals surface area contributed by atoms with Crippen LogP contribution < -0.4 is 0 Å². The van der Waals surface area contributed by atoms with Gasteiger partial charge in [0, 0.05) is 18.8 Å². The summed E-state index contributed by atoms with van der Waals surface area (Å²) in [4.78, 5) is 0. The summed E-state index contributed by atoms with van der Waals surface area (Å²) in [5.41, 5.74) is 0. The molecule has 74 valence electrons. The fourth-order valence-corrected chi connectivity index (χ4v) is 2.13. The Morgan fingerprint density at radius 2 is 1.58 bits per heavy atom. The summed E-state index contributed by atoms with van der Waals surface area (Å²) in [6.45, 7) is 11.5. The van der Waals surface area contributed by atoms with Crippen molar-refractivity contribution in [2.24, 2.45) is 5.92 Å². The summed E-state index contributed by atoms with van der Waals surface area (Å²) in [7, 11) is 0. The van der Waals surface area contributed by atoms with Crippen LogP contribution in [-0.4, -0.2) is 23.1 Å². The van der Waals surface area contributed by atoms with Gasteiger partial charge in [-0.2, -0.15) is 0 Å². The van der Waals surface area contributed by atoms with Crippen molar-refractivity contribution in [2.45, 2.75) is 40.5 Å². The summed E-state index contributed by atoms with van der Waals surface area (Å²) in [5, 5.41) is 0. The number of hydrogen-bond acceptors (Lipinski definition) is 2. The molecule has 0 unspecified atom stereocenters. The van der Waals surface area contributed by atoms with Gasteiger partial charge >= 0.3 is 0 Å². The second-order valence-corrected chi connectivity index (χ2v) is 4.73. The first-order chi connectivity index (χ1) is 5.70. The molecule has 0 aliphatic rings. The third-order valence-corrected chi connectivity index (χ3v) is 3.08. The predicted molar refractivity (Wildman–Crippen MR) is 59.5 cm³/mol. The van der Waals surface area contributed by atoms with Gasteiger partial charge in [0.25, 0.3) is 0 Å². The molecular weight excluding hydrogens is 166 g/mol. The smallest absolute Gasteiger partial charge is 0.0104 e. The Bertz CT molecular complexity index is 87.8. The van der Waals surface area contributed by atoms with E-state index in [1.165, 1.54) is 31.7 Å². The molecule has 1 nitrogen and oxygen atoms in total. The molecule has 0 aromatic heterocycles. The molecule has 0 spiro atoms. The van der Waals surface area contributed by atoms with Gasteiger partial charge < -0.3 is 0 Å². The summed E-state index contributed by atoms with van der Waals surface area (Å²) >= 11 is 2.01. The van der Waals surface area contributed by atoms with E-state index in [-0.39, 0.29) is 0 Å². The summed E-state index contributed by atoms with van der Waals surface area (Å²) in [6.07, 6.45) is 2.54. The van der Waals surface area contributed by atoms with Gasteiger partial charge in [-0.15, -0.1) is 0 Å². The zero-order valence-corrected chi connectivity index (χ0v) is 9.78. The van der Waals surface area contributed by atoms with Crippen LogP contribution in [0, 0.1) is 5.92 Å². The molecule has 0 rings (SSSR count). The molecule has 0 aliphatic carbocycles. The van der Waals surface area contributed by atoms with Crippen molar-refractivity contribution >= 4 is 11.9 Å². The highest BCUT2D eigenvalue weighted by atomic mass is 32.2. The molecule has 0 N–H and O–H groups in total. The second kappa shape index (κ2) is 7.93. The molecular formula is C10H23NS. The van der Waals surface area contributed by atoms with Gasteiger partial charge in [0.15, 0.2) is 0 Å². The lowest BCUT2D eigenvalue weighted by Gasteiger charge is -2.20. The van der Waals surface area contributed by atoms with Crippen LogP contribution in [0.15, 0.2) is 0 Å². The van der Waals surface area contributed by atoms with Crippen molar-refractivity contribution in [3.63, 3.8) is 0 Å². The standard InChI is InChI=1S/C10H23NS/c1-5-7-11(8-6-2)12-9-10(3)4/h10H,5-9H2,1-4H3. The van der Waals surface area contributed by atoms with Gasteiger partial charge in [0.1, 0.15) is 0 Å². The average molecular weight is 189 g/mol. The molecule has 0 saturated heterocycles. The summed E-state index contributed by atoms with van der Waals surface area (Å²) < 4.78 is 2.50. The van der Waals surface area contributed by atoms with E-state index < -0.39 is 0 Å². The van der Waals surface area contributed by atoms with E-state index in [4.69, 9.17) is 0 Å². The van der Waals surface area contributed by atoms with E-state index in [2.05, 4.69) is 32.0 Å². The van der Waals surface area contributed by atoms with Crippen molar-refractivity contribution in [2.75, 3.05) is 18.8 Å². The first-order valence-electron chi connectivity index (χ1n) is 5.08. The summed E-state index contributed by atoms with van der Waals surface area (Å²) in [6, 6.07) is 0. The quantitative estimate of drug-likeness (QED) is 0.565. The molecule has 0 aliphatic heterocycles. The highest BCUT2D eigenvalue weighted by molar-refractivity contribution is 7.97. The lowest BCUT2D eigenvalue weighted by Crippen LogP contribution is -2.19. The molecule has 0 aromatic carbocycles. The van der Waals surface area contributed by atoms with Crippen LogP contribution in [0.2, 0.25) is 0 Å². The zero-order chi connectivity index (χ0) is 9.40. The minimum absolute atomic E-state index is 0.811. The fraction of sp³-hybridized carbons (Fsp3) is 1.00. The van der Waals surface area contributed by atoms with Gasteiger partial charge in [0.05, 0.1) is 0 Å². The Balaban J connectivity index is 3.48. The monoisotopic (exact) mass is 189 g/mol. The van der Waals surface area contributed by atoms with Crippen molar-refractivity contribution in [1.29, 1.82) is 0 Å². The molecule has 0 atom stereocenters. The Kier molecular flexibility index (Phi) is 8.14. The Hall–Kier alpha value is 0.310. The first kappa shape index (κ1) is 12.3. The highest BCUT2D eigenvalue weighted by Gasteiger charge is 2.03. The van der Waals surface area contributed by atoms with Gasteiger partial charge in [0.2, 0.25) is 0 Å². The lowest BCUT2D eigenvalue weighted by atomic mass is 10.3. The van der Waals surface area contributed by atoms with E-state index in [0.717, 1.165) is 5.92 Å². The SMILES string of the molecule is CCCN(CCC)SCC(C)C. The van der Waals surface area contributed by atoms with E-state index in [0.29, 0.717) is 0 Å². The number of nitrogens with zero attached hydrogens (tertiary/aromatic N) is 1. The molecule has 12 heavy (non-hydrogen) atoms. The molecule has 2 heteroatoms. The molecule has 0 radical (unpaired) electrons. The van der Waals surface area contributed by atoms with Crippen LogP contribution in [0.1, 0.15) is 40.5 Å². The first-order valence-corrected chi connectivity index (χ1v) is 6.02. The van der Waals surface area contributed by atoms with E-state index in [1.54, 1.807) is 0 Å². The van der Waals surface area contributed by atoms with Crippen LogP contribution in [0.5, 0.6) is 0 Å². The minimum Gasteiger partial charge on any atom is -0.251 e. The highest BCUT2D eigenvalue weighted by Crippen LogP contribution is 2.14. The van der Waals surface area contributed by atoms with E-state index in [9.17, 15) is 0 Å². The maximum atomic E-state index is 2.50. The predicted octanol–water partition coefficient (Wildman–Crippen LogP) is 3.41. The fourth-order valence-electron chi connectivity index (χ4n) is 0.994. The van der Waals surface area contributed by atoms with Crippen LogP contribution in [0.25, 0.3) is 0 Å². The molecule has 0 heterocycles. The molecule has 0 bridgehead atoms. The summed E-state index contributed by atoms with van der Waals surface area (Å²) in [5.74, 6) is 2.08. The zero-order valence-electron chi connectivity index (χ0n) is 8.97. The number of rotatable bonds is 7. The normalized spacial score (nSPS) is 11.5. The third-order valence-electron chi connectivity index (χ3n) is 1.54. The Morgan fingerprint density at radius 1 is 1.08 bits per heavy atom. The molecule has 0 fully saturated rings. The topological polar surface area (TPSA) is 3.24 Å². The van der Waals surface area contributed by atoms with Crippen molar-refractivity contribution in [1.82, 2.24) is 4.31 Å². The van der Waals surface area contributed by atoms with Gasteiger partial charge in [-0.1, -0.05) is 39.6 Å². The molecule has 0 saturated carbocycles. The minimum atomic E-state index is 0.811. The lowest BCUT2D eigenvalue weighted by molar-refractivity contribution is 0.465. The Morgan fingerprint density at radius 3 is 1.92 bits per heavy atom. The van der Waals surface area contributed by atoms with Crippen LogP contribution in [0.4, 0.5) is 0 Å². The second-order valence-electron chi connectivity index (χ2n) is 3.62.